The van der Waals surface area contributed by atoms with E-state index in [1.165, 1.54) is 5.56 Å². The maximum absolute atomic E-state index is 13.4. The number of nitrogens with one attached hydrogen (secondary N) is 1. The Kier molecular flexibility index (Phi) is 4.83. The van der Waals surface area contributed by atoms with E-state index in [0.29, 0.717) is 13.0 Å². The van der Waals surface area contributed by atoms with Crippen LogP contribution >= 0.6 is 0 Å². The van der Waals surface area contributed by atoms with Gasteiger partial charge in [-0.15, -0.1) is 0 Å². The summed E-state index contributed by atoms with van der Waals surface area (Å²) < 4.78 is 11.3. The summed E-state index contributed by atoms with van der Waals surface area (Å²) in [6.07, 6.45) is 5.42. The molecule has 4 heterocycles. The van der Waals surface area contributed by atoms with Crippen molar-refractivity contribution in [1.29, 1.82) is 0 Å². The topological polar surface area (TPSA) is 76.6 Å². The Labute approximate surface area is 170 Å². The molecule has 29 heavy (non-hydrogen) atoms. The van der Waals surface area contributed by atoms with Crippen LogP contribution in [0.1, 0.15) is 41.5 Å². The predicted molar refractivity (Wildman–Crippen MR) is 107 cm³/mol. The van der Waals surface area contributed by atoms with E-state index in [2.05, 4.69) is 10.3 Å². The Morgan fingerprint density at radius 2 is 2.28 bits per heavy atom. The molecule has 1 fully saturated rings. The van der Waals surface area contributed by atoms with E-state index in [0.717, 1.165) is 67.5 Å². The van der Waals surface area contributed by atoms with Gasteiger partial charge in [-0.05, 0) is 30.9 Å². The van der Waals surface area contributed by atoms with Crippen LogP contribution in [0.15, 0.2) is 24.4 Å². The first-order valence-corrected chi connectivity index (χ1v) is 10.4. The van der Waals surface area contributed by atoms with E-state index in [1.807, 2.05) is 29.3 Å². The van der Waals surface area contributed by atoms with Crippen molar-refractivity contribution < 1.29 is 14.3 Å². The molecule has 2 aromatic rings. The van der Waals surface area contributed by atoms with Gasteiger partial charge in [0.25, 0.3) is 0 Å². The molecule has 3 aliphatic rings. The highest BCUT2D eigenvalue weighted by Crippen LogP contribution is 2.38. The molecule has 0 radical (unpaired) electrons. The average molecular weight is 394 g/mol. The maximum atomic E-state index is 13.4. The zero-order valence-corrected chi connectivity index (χ0v) is 16.7. The van der Waals surface area contributed by atoms with Crippen molar-refractivity contribution in [2.24, 2.45) is 5.92 Å². The monoisotopic (exact) mass is 394 g/mol. The quantitative estimate of drug-likeness (QED) is 0.859. The van der Waals surface area contributed by atoms with Gasteiger partial charge in [-0.3, -0.25) is 4.79 Å². The predicted octanol–water partition coefficient (Wildman–Crippen LogP) is 2.05. The summed E-state index contributed by atoms with van der Waals surface area (Å²) in [6, 6.07) is 5.82. The molecule has 7 heteroatoms. The number of fused-ring (bicyclic) bond motifs is 2. The van der Waals surface area contributed by atoms with E-state index in [4.69, 9.17) is 14.5 Å². The van der Waals surface area contributed by atoms with Gasteiger partial charge in [-0.2, -0.15) is 0 Å². The summed E-state index contributed by atoms with van der Waals surface area (Å²) in [5.41, 5.74) is 3.32. The number of aromatic nitrogens is 2. The molecule has 5 rings (SSSR count). The lowest BCUT2D eigenvalue weighted by atomic mass is 9.95. The zero-order valence-electron chi connectivity index (χ0n) is 16.7. The molecule has 0 bridgehead atoms. The molecule has 1 saturated heterocycles. The third kappa shape index (κ3) is 3.33. The molecular formula is C22H26N4O3. The van der Waals surface area contributed by atoms with E-state index in [-0.39, 0.29) is 17.9 Å². The van der Waals surface area contributed by atoms with E-state index >= 15 is 0 Å². The van der Waals surface area contributed by atoms with Gasteiger partial charge >= 0.3 is 0 Å². The minimum atomic E-state index is -0.183. The van der Waals surface area contributed by atoms with Crippen LogP contribution in [-0.4, -0.2) is 47.6 Å². The summed E-state index contributed by atoms with van der Waals surface area (Å²) in [5, 5.41) is 3.35. The Morgan fingerprint density at radius 1 is 1.34 bits per heavy atom. The number of likely N-dealkylation sites (tertiary alicyclic amines) is 1. The second-order valence-electron chi connectivity index (χ2n) is 7.98. The van der Waals surface area contributed by atoms with Gasteiger partial charge in [-0.1, -0.05) is 12.1 Å². The highest BCUT2D eigenvalue weighted by molar-refractivity contribution is 5.80. The summed E-state index contributed by atoms with van der Waals surface area (Å²) in [6.45, 7) is 2.91. The van der Waals surface area contributed by atoms with Crippen molar-refractivity contribution in [3.05, 3.63) is 47.0 Å². The molecular weight excluding hydrogens is 368 g/mol. The Hall–Kier alpha value is -2.67. The van der Waals surface area contributed by atoms with Crippen molar-refractivity contribution in [2.45, 2.75) is 38.3 Å². The highest BCUT2D eigenvalue weighted by atomic mass is 16.5. The van der Waals surface area contributed by atoms with E-state index in [9.17, 15) is 4.79 Å². The number of para-hydroxylation sites is 1. The number of amides is 1. The largest absolute Gasteiger partial charge is 0.493 e. The van der Waals surface area contributed by atoms with Crippen LogP contribution in [0, 0.1) is 5.92 Å². The van der Waals surface area contributed by atoms with Gasteiger partial charge in [0.2, 0.25) is 5.91 Å². The molecule has 1 N–H and O–H groups in total. The molecule has 3 aliphatic heterocycles. The fourth-order valence-corrected chi connectivity index (χ4v) is 4.66. The number of rotatable bonds is 3. The fourth-order valence-electron chi connectivity index (χ4n) is 4.66. The van der Waals surface area contributed by atoms with Crippen molar-refractivity contribution in [2.75, 3.05) is 26.8 Å². The van der Waals surface area contributed by atoms with Crippen LogP contribution in [0.2, 0.25) is 0 Å². The first-order chi connectivity index (χ1) is 14.2. The molecule has 1 aromatic carbocycles. The SMILES string of the molecule is COc1cccc2c1OC[C@@H](C(=O)N1CCC[C@H]1c1ncc3c(n1)CCNC3)C2. The number of carbonyl (C=O) groups excluding carboxylic acids is 1. The van der Waals surface area contributed by atoms with Crippen LogP contribution in [0.5, 0.6) is 11.5 Å². The van der Waals surface area contributed by atoms with Crippen LogP contribution in [0.4, 0.5) is 0 Å². The normalized spacial score (nSPS) is 23.1. The fraction of sp³-hybridized carbons (Fsp3) is 0.500. The number of hydrogen-bond acceptors (Lipinski definition) is 6. The number of carbonyl (C=O) groups is 1. The lowest BCUT2D eigenvalue weighted by molar-refractivity contribution is -0.138. The van der Waals surface area contributed by atoms with Gasteiger partial charge < -0.3 is 19.7 Å². The molecule has 1 aromatic heterocycles. The van der Waals surface area contributed by atoms with Crippen molar-refractivity contribution >= 4 is 5.91 Å². The molecule has 2 atom stereocenters. The van der Waals surface area contributed by atoms with E-state index in [1.54, 1.807) is 7.11 Å². The number of methoxy groups -OCH3 is 1. The molecule has 1 amide bonds. The summed E-state index contributed by atoms with van der Waals surface area (Å²) >= 11 is 0. The average Bonchev–Trinajstić information content (AvgIpc) is 3.27. The molecule has 0 unspecified atom stereocenters. The number of nitrogens with zero attached hydrogens (tertiary/aromatic N) is 3. The van der Waals surface area contributed by atoms with Gasteiger partial charge in [-0.25, -0.2) is 9.97 Å². The van der Waals surface area contributed by atoms with Gasteiger partial charge in [0.1, 0.15) is 6.61 Å². The summed E-state index contributed by atoms with van der Waals surface area (Å²) in [7, 11) is 1.64. The molecule has 7 nitrogen and oxygen atoms in total. The summed E-state index contributed by atoms with van der Waals surface area (Å²) in [4.78, 5) is 24.8. The molecule has 0 aliphatic carbocycles. The van der Waals surface area contributed by atoms with Gasteiger partial charge in [0, 0.05) is 43.5 Å². The van der Waals surface area contributed by atoms with Gasteiger partial charge in [0.15, 0.2) is 17.3 Å². The first kappa shape index (κ1) is 18.4. The Bertz CT molecular complexity index is 932. The zero-order chi connectivity index (χ0) is 19.8. The van der Waals surface area contributed by atoms with Crippen molar-refractivity contribution in [3.63, 3.8) is 0 Å². The van der Waals surface area contributed by atoms with Crippen LogP contribution in [-0.2, 0) is 24.2 Å². The van der Waals surface area contributed by atoms with Crippen LogP contribution in [0.25, 0.3) is 0 Å². The second-order valence-corrected chi connectivity index (χ2v) is 7.98. The first-order valence-electron chi connectivity index (χ1n) is 10.4. The van der Waals surface area contributed by atoms with Crippen LogP contribution in [0.3, 0.4) is 0 Å². The number of benzene rings is 1. The molecule has 0 spiro atoms. The number of hydrogen-bond donors (Lipinski definition) is 1. The lowest BCUT2D eigenvalue weighted by Crippen LogP contribution is -2.41. The standard InChI is InChI=1S/C22H26N4O3/c1-28-19-6-2-4-14-10-15(13-29-20(14)19)22(27)26-9-3-5-18(26)21-24-12-16-11-23-8-7-17(16)25-21/h2,4,6,12,15,18,23H,3,5,7-11,13H2,1H3/t15-,18-/m0/s1. The third-order valence-corrected chi connectivity index (χ3v) is 6.19. The highest BCUT2D eigenvalue weighted by Gasteiger charge is 2.38. The van der Waals surface area contributed by atoms with Crippen LogP contribution < -0.4 is 14.8 Å². The Morgan fingerprint density at radius 3 is 3.17 bits per heavy atom. The minimum absolute atomic E-state index is 0.0330. The van der Waals surface area contributed by atoms with E-state index < -0.39 is 0 Å². The summed E-state index contributed by atoms with van der Waals surface area (Å²) in [5.74, 6) is 2.24. The van der Waals surface area contributed by atoms with Gasteiger partial charge in [0.05, 0.1) is 19.1 Å². The van der Waals surface area contributed by atoms with Crippen molar-refractivity contribution in [3.8, 4) is 11.5 Å². The maximum Gasteiger partial charge on any atom is 0.230 e. The smallest absolute Gasteiger partial charge is 0.230 e. The second kappa shape index (κ2) is 7.63. The minimum Gasteiger partial charge on any atom is -0.493 e. The van der Waals surface area contributed by atoms with Crippen molar-refractivity contribution in [1.82, 2.24) is 20.2 Å². The third-order valence-electron chi connectivity index (χ3n) is 6.19. The molecule has 0 saturated carbocycles. The number of ether oxygens (including phenoxy) is 2. The Balaban J connectivity index is 1.35. The molecule has 152 valence electrons. The lowest BCUT2D eigenvalue weighted by Gasteiger charge is -2.31.